The molecule has 1 atom stereocenters. The van der Waals surface area contributed by atoms with E-state index in [2.05, 4.69) is 27.8 Å². The van der Waals surface area contributed by atoms with Crippen LogP contribution < -0.4 is 5.32 Å². The molecule has 2 nitrogen and oxygen atoms in total. The smallest absolute Gasteiger partial charge is 0.252 e. The summed E-state index contributed by atoms with van der Waals surface area (Å²) in [5.41, 5.74) is 0.563. The Morgan fingerprint density at radius 2 is 2.33 bits per heavy atom. The lowest BCUT2D eigenvalue weighted by Crippen LogP contribution is -2.31. The van der Waals surface area contributed by atoms with Crippen molar-refractivity contribution in [3.05, 3.63) is 45.9 Å². The molecule has 0 aromatic heterocycles. The maximum atomic E-state index is 11.7. The van der Waals surface area contributed by atoms with Crippen LogP contribution in [0.1, 0.15) is 17.3 Å². The second-order valence-corrected chi connectivity index (χ2v) is 4.41. The van der Waals surface area contributed by atoms with Crippen LogP contribution in [0, 0.1) is 0 Å². The molecule has 0 saturated heterocycles. The maximum Gasteiger partial charge on any atom is 0.252 e. The fourth-order valence-electron chi connectivity index (χ4n) is 1.02. The van der Waals surface area contributed by atoms with Gasteiger partial charge in [-0.05, 0) is 41.1 Å². The molecule has 0 aliphatic rings. The van der Waals surface area contributed by atoms with Gasteiger partial charge in [0.05, 0.1) is 5.56 Å². The predicted octanol–water partition coefficient (Wildman–Crippen LogP) is 3.41. The Labute approximate surface area is 102 Å². The summed E-state index contributed by atoms with van der Waals surface area (Å²) in [5, 5.41) is 3.37. The topological polar surface area (TPSA) is 29.1 Å². The summed E-state index contributed by atoms with van der Waals surface area (Å²) in [6, 6.07) is 4.99. The van der Waals surface area contributed by atoms with Crippen molar-refractivity contribution in [2.75, 3.05) is 0 Å². The second kappa shape index (κ2) is 5.33. The van der Waals surface area contributed by atoms with Crippen LogP contribution in [0.25, 0.3) is 0 Å². The lowest BCUT2D eigenvalue weighted by molar-refractivity contribution is 0.0946. The third kappa shape index (κ3) is 3.36. The van der Waals surface area contributed by atoms with Crippen LogP contribution in [-0.4, -0.2) is 11.9 Å². The van der Waals surface area contributed by atoms with Crippen molar-refractivity contribution in [3.63, 3.8) is 0 Å². The van der Waals surface area contributed by atoms with Gasteiger partial charge in [-0.2, -0.15) is 0 Å². The molecule has 1 amide bonds. The number of rotatable bonds is 3. The molecule has 1 N–H and O–H groups in total. The van der Waals surface area contributed by atoms with Crippen LogP contribution in [-0.2, 0) is 0 Å². The SMILES string of the molecule is C=CC(C)NC(=O)c1ccc(Cl)cc1Br. The van der Waals surface area contributed by atoms with E-state index < -0.39 is 0 Å². The van der Waals surface area contributed by atoms with E-state index in [4.69, 9.17) is 11.6 Å². The van der Waals surface area contributed by atoms with Crippen LogP contribution >= 0.6 is 27.5 Å². The summed E-state index contributed by atoms with van der Waals surface area (Å²) in [6.45, 7) is 5.45. The van der Waals surface area contributed by atoms with Gasteiger partial charge in [0.1, 0.15) is 0 Å². The first-order chi connectivity index (χ1) is 7.04. The van der Waals surface area contributed by atoms with Gasteiger partial charge in [0, 0.05) is 15.5 Å². The number of hydrogen-bond donors (Lipinski definition) is 1. The molecule has 0 fully saturated rings. The fraction of sp³-hybridized carbons (Fsp3) is 0.182. The highest BCUT2D eigenvalue weighted by atomic mass is 79.9. The Balaban J connectivity index is 2.87. The zero-order chi connectivity index (χ0) is 11.4. The first-order valence-corrected chi connectivity index (χ1v) is 5.60. The Morgan fingerprint density at radius 1 is 1.67 bits per heavy atom. The van der Waals surface area contributed by atoms with Gasteiger partial charge in [0.15, 0.2) is 0 Å². The minimum Gasteiger partial charge on any atom is -0.346 e. The maximum absolute atomic E-state index is 11.7. The number of amides is 1. The average Bonchev–Trinajstić information content (AvgIpc) is 2.17. The molecule has 0 saturated carbocycles. The molecule has 0 radical (unpaired) electrons. The number of benzene rings is 1. The van der Waals surface area contributed by atoms with E-state index in [1.165, 1.54) is 0 Å². The number of hydrogen-bond acceptors (Lipinski definition) is 1. The predicted molar refractivity (Wildman–Crippen MR) is 66.3 cm³/mol. The third-order valence-electron chi connectivity index (χ3n) is 1.89. The van der Waals surface area contributed by atoms with E-state index >= 15 is 0 Å². The summed E-state index contributed by atoms with van der Waals surface area (Å²) in [4.78, 5) is 11.7. The molecule has 1 aromatic carbocycles. The summed E-state index contributed by atoms with van der Waals surface area (Å²) in [5.74, 6) is -0.147. The molecule has 15 heavy (non-hydrogen) atoms. The molecule has 0 bridgehead atoms. The van der Waals surface area contributed by atoms with Gasteiger partial charge in [-0.1, -0.05) is 17.7 Å². The number of carbonyl (C=O) groups excluding carboxylic acids is 1. The van der Waals surface area contributed by atoms with Crippen LogP contribution in [0.2, 0.25) is 5.02 Å². The highest BCUT2D eigenvalue weighted by Gasteiger charge is 2.11. The average molecular weight is 289 g/mol. The standard InChI is InChI=1S/C11H11BrClNO/c1-3-7(2)14-11(15)9-5-4-8(13)6-10(9)12/h3-7H,1H2,2H3,(H,14,15). The largest absolute Gasteiger partial charge is 0.346 e. The van der Waals surface area contributed by atoms with E-state index in [1.807, 2.05) is 6.92 Å². The first-order valence-electron chi connectivity index (χ1n) is 4.43. The molecule has 0 heterocycles. The Morgan fingerprint density at radius 3 is 2.87 bits per heavy atom. The number of nitrogens with one attached hydrogen (secondary N) is 1. The van der Waals surface area contributed by atoms with E-state index in [-0.39, 0.29) is 11.9 Å². The molecule has 1 rings (SSSR count). The van der Waals surface area contributed by atoms with Crippen molar-refractivity contribution >= 4 is 33.4 Å². The van der Waals surface area contributed by atoms with E-state index in [1.54, 1.807) is 24.3 Å². The van der Waals surface area contributed by atoms with Crippen molar-refractivity contribution in [1.29, 1.82) is 0 Å². The Kier molecular flexibility index (Phi) is 4.36. The van der Waals surface area contributed by atoms with Crippen LogP contribution in [0.3, 0.4) is 0 Å². The highest BCUT2D eigenvalue weighted by Crippen LogP contribution is 2.21. The summed E-state index contributed by atoms with van der Waals surface area (Å²) >= 11 is 9.07. The van der Waals surface area contributed by atoms with Crippen molar-refractivity contribution in [2.24, 2.45) is 0 Å². The second-order valence-electron chi connectivity index (χ2n) is 3.12. The Bertz CT molecular complexity index is 392. The molecule has 0 spiro atoms. The molecule has 0 aliphatic carbocycles. The van der Waals surface area contributed by atoms with Crippen molar-refractivity contribution in [1.82, 2.24) is 5.32 Å². The first kappa shape index (κ1) is 12.3. The summed E-state index contributed by atoms with van der Waals surface area (Å²) in [7, 11) is 0. The van der Waals surface area contributed by atoms with Gasteiger partial charge in [-0.15, -0.1) is 6.58 Å². The quantitative estimate of drug-likeness (QED) is 0.849. The van der Waals surface area contributed by atoms with Gasteiger partial charge in [0.25, 0.3) is 5.91 Å². The van der Waals surface area contributed by atoms with E-state index in [0.717, 1.165) is 0 Å². The minimum absolute atomic E-state index is 0.0555. The zero-order valence-corrected chi connectivity index (χ0v) is 10.6. The van der Waals surface area contributed by atoms with Crippen molar-refractivity contribution < 1.29 is 4.79 Å². The van der Waals surface area contributed by atoms with Gasteiger partial charge < -0.3 is 5.32 Å². The van der Waals surface area contributed by atoms with Gasteiger partial charge in [-0.3, -0.25) is 4.79 Å². The molecule has 80 valence electrons. The monoisotopic (exact) mass is 287 g/mol. The van der Waals surface area contributed by atoms with Gasteiger partial charge >= 0.3 is 0 Å². The molecule has 4 heteroatoms. The highest BCUT2D eigenvalue weighted by molar-refractivity contribution is 9.10. The molecular formula is C11H11BrClNO. The molecule has 1 unspecified atom stereocenters. The van der Waals surface area contributed by atoms with E-state index in [0.29, 0.717) is 15.1 Å². The molecule has 0 aliphatic heterocycles. The summed E-state index contributed by atoms with van der Waals surface area (Å²) < 4.78 is 0.684. The summed E-state index contributed by atoms with van der Waals surface area (Å²) in [6.07, 6.45) is 1.67. The van der Waals surface area contributed by atoms with E-state index in [9.17, 15) is 4.79 Å². The fourth-order valence-corrected chi connectivity index (χ4v) is 1.88. The lowest BCUT2D eigenvalue weighted by atomic mass is 10.2. The van der Waals surface area contributed by atoms with Crippen LogP contribution in [0.5, 0.6) is 0 Å². The lowest BCUT2D eigenvalue weighted by Gasteiger charge is -2.10. The molecule has 1 aromatic rings. The number of carbonyl (C=O) groups is 1. The van der Waals surface area contributed by atoms with Gasteiger partial charge in [0.2, 0.25) is 0 Å². The zero-order valence-electron chi connectivity index (χ0n) is 8.26. The minimum atomic E-state index is -0.147. The third-order valence-corrected chi connectivity index (χ3v) is 2.78. The van der Waals surface area contributed by atoms with Crippen LogP contribution in [0.4, 0.5) is 0 Å². The Hall–Kier alpha value is -0.800. The van der Waals surface area contributed by atoms with Crippen LogP contribution in [0.15, 0.2) is 35.3 Å². The van der Waals surface area contributed by atoms with Crippen molar-refractivity contribution in [2.45, 2.75) is 13.0 Å². The van der Waals surface area contributed by atoms with Gasteiger partial charge in [-0.25, -0.2) is 0 Å². The normalized spacial score (nSPS) is 11.9. The molecular weight excluding hydrogens is 277 g/mol. The number of halogens is 2. The van der Waals surface area contributed by atoms with Crippen molar-refractivity contribution in [3.8, 4) is 0 Å².